The summed E-state index contributed by atoms with van der Waals surface area (Å²) in [5, 5.41) is 3.53. The average Bonchev–Trinajstić information content (AvgIpc) is 2.77. The van der Waals surface area contributed by atoms with Crippen molar-refractivity contribution in [2.24, 2.45) is 0 Å². The van der Waals surface area contributed by atoms with Gasteiger partial charge in [-0.05, 0) is 44.4 Å². The first kappa shape index (κ1) is 13.3. The quantitative estimate of drug-likeness (QED) is 0.875. The molecule has 0 aliphatic carbocycles. The van der Waals surface area contributed by atoms with Crippen LogP contribution in [0.25, 0.3) is 0 Å². The molecule has 1 aromatic rings. The van der Waals surface area contributed by atoms with Gasteiger partial charge in [-0.1, -0.05) is 18.5 Å². The minimum Gasteiger partial charge on any atom is -0.378 e. The molecule has 4 heteroatoms. The van der Waals surface area contributed by atoms with Crippen LogP contribution in [0.1, 0.15) is 43.5 Å². The average molecular weight is 274 g/mol. The molecule has 2 atom stereocenters. The van der Waals surface area contributed by atoms with Gasteiger partial charge in [-0.25, -0.2) is 0 Å². The van der Waals surface area contributed by atoms with Crippen LogP contribution in [0.3, 0.4) is 0 Å². The number of hydrogen-bond acceptors (Lipinski definition) is 3. The topological polar surface area (TPSA) is 21.3 Å². The Morgan fingerprint density at radius 3 is 3.00 bits per heavy atom. The lowest BCUT2D eigenvalue weighted by Gasteiger charge is -2.27. The summed E-state index contributed by atoms with van der Waals surface area (Å²) in [6, 6.07) is 4.50. The van der Waals surface area contributed by atoms with Gasteiger partial charge >= 0.3 is 0 Å². The third kappa shape index (κ3) is 3.95. The van der Waals surface area contributed by atoms with Crippen molar-refractivity contribution in [2.45, 2.75) is 44.8 Å². The molecule has 0 bridgehead atoms. The third-order valence-corrected chi connectivity index (χ3v) is 4.51. The van der Waals surface area contributed by atoms with E-state index in [1.807, 2.05) is 6.07 Å². The summed E-state index contributed by atoms with van der Waals surface area (Å²) in [6.07, 6.45) is 5.18. The van der Waals surface area contributed by atoms with Crippen molar-refractivity contribution in [1.29, 1.82) is 0 Å². The zero-order chi connectivity index (χ0) is 12.1. The van der Waals surface area contributed by atoms with Crippen molar-refractivity contribution in [2.75, 3.05) is 13.2 Å². The molecule has 0 radical (unpaired) electrons. The molecule has 1 saturated heterocycles. The Kier molecular flexibility index (Phi) is 5.29. The highest BCUT2D eigenvalue weighted by Crippen LogP contribution is 2.31. The van der Waals surface area contributed by atoms with Crippen LogP contribution < -0.4 is 5.32 Å². The Balaban J connectivity index is 1.96. The van der Waals surface area contributed by atoms with E-state index in [-0.39, 0.29) is 0 Å². The second-order valence-electron chi connectivity index (χ2n) is 4.48. The first-order chi connectivity index (χ1) is 8.29. The summed E-state index contributed by atoms with van der Waals surface area (Å²) in [7, 11) is 0. The number of ether oxygens (including phenoxy) is 1. The molecular formula is C13H20ClNOS. The fraction of sp³-hybridized carbons (Fsp3) is 0.692. The van der Waals surface area contributed by atoms with Gasteiger partial charge in [0.15, 0.2) is 0 Å². The van der Waals surface area contributed by atoms with Crippen LogP contribution >= 0.6 is 22.9 Å². The molecule has 17 heavy (non-hydrogen) atoms. The Labute approximate surface area is 112 Å². The minimum atomic E-state index is 0.389. The molecule has 2 nitrogen and oxygen atoms in total. The van der Waals surface area contributed by atoms with Crippen LogP contribution in [-0.4, -0.2) is 19.3 Å². The molecule has 1 N–H and O–H groups in total. The zero-order valence-corrected chi connectivity index (χ0v) is 11.8. The SMILES string of the molecule is CCNC(CC1CCCCO1)c1ccc(Cl)s1. The van der Waals surface area contributed by atoms with Gasteiger partial charge in [0, 0.05) is 17.5 Å². The van der Waals surface area contributed by atoms with E-state index >= 15 is 0 Å². The Morgan fingerprint density at radius 2 is 2.41 bits per heavy atom. The summed E-state index contributed by atoms with van der Waals surface area (Å²) < 4.78 is 6.68. The monoisotopic (exact) mass is 273 g/mol. The molecule has 96 valence electrons. The molecule has 1 aliphatic rings. The number of hydrogen-bond donors (Lipinski definition) is 1. The van der Waals surface area contributed by atoms with E-state index < -0.39 is 0 Å². The molecule has 1 aromatic heterocycles. The van der Waals surface area contributed by atoms with Crippen LogP contribution in [0.5, 0.6) is 0 Å². The van der Waals surface area contributed by atoms with Gasteiger partial charge in [-0.2, -0.15) is 0 Å². The highest BCUT2D eigenvalue weighted by molar-refractivity contribution is 7.16. The van der Waals surface area contributed by atoms with E-state index in [4.69, 9.17) is 16.3 Å². The van der Waals surface area contributed by atoms with Gasteiger partial charge in [0.05, 0.1) is 10.4 Å². The van der Waals surface area contributed by atoms with Gasteiger partial charge in [0.1, 0.15) is 0 Å². The Bertz CT molecular complexity index is 336. The Morgan fingerprint density at radius 1 is 1.53 bits per heavy atom. The van der Waals surface area contributed by atoms with E-state index in [1.54, 1.807) is 11.3 Å². The fourth-order valence-electron chi connectivity index (χ4n) is 2.32. The molecule has 0 saturated carbocycles. The number of rotatable bonds is 5. The normalized spacial score (nSPS) is 22.6. The summed E-state index contributed by atoms with van der Waals surface area (Å²) in [4.78, 5) is 1.33. The van der Waals surface area contributed by atoms with Crippen LogP contribution in [0.2, 0.25) is 4.34 Å². The van der Waals surface area contributed by atoms with Gasteiger partial charge in [0.25, 0.3) is 0 Å². The van der Waals surface area contributed by atoms with Gasteiger partial charge in [-0.3, -0.25) is 0 Å². The summed E-state index contributed by atoms with van der Waals surface area (Å²) in [5.41, 5.74) is 0. The maximum Gasteiger partial charge on any atom is 0.0931 e. The van der Waals surface area contributed by atoms with E-state index in [9.17, 15) is 0 Å². The van der Waals surface area contributed by atoms with Crippen molar-refractivity contribution in [1.82, 2.24) is 5.32 Å². The van der Waals surface area contributed by atoms with E-state index in [2.05, 4.69) is 18.3 Å². The number of thiophene rings is 1. The van der Waals surface area contributed by atoms with Crippen LogP contribution in [0.4, 0.5) is 0 Å². The predicted octanol–water partition coefficient (Wildman–Crippen LogP) is 4.01. The first-order valence-electron chi connectivity index (χ1n) is 6.40. The van der Waals surface area contributed by atoms with Gasteiger partial charge < -0.3 is 10.1 Å². The highest BCUT2D eigenvalue weighted by Gasteiger charge is 2.21. The number of halogens is 1. The lowest BCUT2D eigenvalue weighted by atomic mass is 10.0. The lowest BCUT2D eigenvalue weighted by Crippen LogP contribution is -2.28. The summed E-state index contributed by atoms with van der Waals surface area (Å²) in [5.74, 6) is 0. The highest BCUT2D eigenvalue weighted by atomic mass is 35.5. The largest absolute Gasteiger partial charge is 0.378 e. The second kappa shape index (κ2) is 6.74. The zero-order valence-electron chi connectivity index (χ0n) is 10.2. The second-order valence-corrected chi connectivity index (χ2v) is 6.22. The van der Waals surface area contributed by atoms with Crippen LogP contribution in [0, 0.1) is 0 Å². The molecule has 2 heterocycles. The van der Waals surface area contributed by atoms with Gasteiger partial charge in [0.2, 0.25) is 0 Å². The summed E-state index contributed by atoms with van der Waals surface area (Å²) >= 11 is 7.68. The first-order valence-corrected chi connectivity index (χ1v) is 7.59. The number of nitrogens with one attached hydrogen (secondary N) is 1. The fourth-order valence-corrected chi connectivity index (χ4v) is 3.47. The third-order valence-electron chi connectivity index (χ3n) is 3.16. The molecule has 0 spiro atoms. The van der Waals surface area contributed by atoms with E-state index in [0.717, 1.165) is 23.9 Å². The standard InChI is InChI=1S/C13H20ClNOS/c1-2-15-11(12-6-7-13(14)17-12)9-10-5-3-4-8-16-10/h6-7,10-11,15H,2-5,8-9H2,1H3. The van der Waals surface area contributed by atoms with Crippen LogP contribution in [-0.2, 0) is 4.74 Å². The lowest BCUT2D eigenvalue weighted by molar-refractivity contribution is 0.00535. The maximum absolute atomic E-state index is 6.01. The molecule has 2 rings (SSSR count). The van der Waals surface area contributed by atoms with E-state index in [1.165, 1.54) is 24.1 Å². The summed E-state index contributed by atoms with van der Waals surface area (Å²) in [6.45, 7) is 4.05. The molecule has 0 aromatic carbocycles. The van der Waals surface area contributed by atoms with Crippen molar-refractivity contribution in [3.63, 3.8) is 0 Å². The molecular weight excluding hydrogens is 254 g/mol. The van der Waals surface area contributed by atoms with E-state index in [0.29, 0.717) is 12.1 Å². The minimum absolute atomic E-state index is 0.389. The molecule has 1 fully saturated rings. The van der Waals surface area contributed by atoms with Crippen LogP contribution in [0.15, 0.2) is 12.1 Å². The van der Waals surface area contributed by atoms with Crippen molar-refractivity contribution >= 4 is 22.9 Å². The molecule has 2 unspecified atom stereocenters. The van der Waals surface area contributed by atoms with Crippen molar-refractivity contribution in [3.05, 3.63) is 21.3 Å². The molecule has 0 amide bonds. The van der Waals surface area contributed by atoms with Gasteiger partial charge in [-0.15, -0.1) is 11.3 Å². The maximum atomic E-state index is 6.01. The smallest absolute Gasteiger partial charge is 0.0931 e. The van der Waals surface area contributed by atoms with Crippen molar-refractivity contribution in [3.8, 4) is 0 Å². The van der Waals surface area contributed by atoms with Crippen molar-refractivity contribution < 1.29 is 4.74 Å². The molecule has 1 aliphatic heterocycles. The predicted molar refractivity (Wildman–Crippen MR) is 74.0 cm³/mol. The Hall–Kier alpha value is -0.0900.